The maximum Gasteiger partial charge on any atom is 0.280 e. The minimum Gasteiger partial charge on any atom is -0.389 e. The van der Waals surface area contributed by atoms with Crippen molar-refractivity contribution in [1.82, 2.24) is 14.3 Å². The number of oxime groups is 1. The zero-order valence-corrected chi connectivity index (χ0v) is 18.1. The molecular formula is C20H19N5O4S2. The van der Waals surface area contributed by atoms with Gasteiger partial charge < -0.3 is 4.84 Å². The molecule has 1 aliphatic carbocycles. The SMILES string of the molecule is Cc1nsc(NC(=O)C(=NOCc2ccccn2)c2ccc(S(O)(O)C3=CC3)cc2)n1. The van der Waals surface area contributed by atoms with Crippen LogP contribution in [-0.4, -0.2) is 35.1 Å². The molecule has 0 saturated carbocycles. The lowest BCUT2D eigenvalue weighted by molar-refractivity contribution is -0.110. The molecule has 3 N–H and O–H groups in total. The van der Waals surface area contributed by atoms with E-state index in [-0.39, 0.29) is 12.3 Å². The zero-order valence-electron chi connectivity index (χ0n) is 16.4. The average Bonchev–Trinajstić information content (AvgIpc) is 3.56. The molecule has 1 aliphatic rings. The van der Waals surface area contributed by atoms with Gasteiger partial charge in [0, 0.05) is 34.6 Å². The van der Waals surface area contributed by atoms with Gasteiger partial charge in [-0.2, -0.15) is 4.37 Å². The van der Waals surface area contributed by atoms with Gasteiger partial charge in [-0.25, -0.2) is 4.98 Å². The lowest BCUT2D eigenvalue weighted by atomic mass is 10.1. The Bertz CT molecular complexity index is 1140. The van der Waals surface area contributed by atoms with Crippen molar-refractivity contribution in [1.29, 1.82) is 0 Å². The van der Waals surface area contributed by atoms with Crippen LogP contribution in [0.25, 0.3) is 0 Å². The minimum absolute atomic E-state index is 0.0115. The fraction of sp³-hybridized carbons (Fsp3) is 0.150. The van der Waals surface area contributed by atoms with Crippen molar-refractivity contribution < 1.29 is 18.7 Å². The van der Waals surface area contributed by atoms with Crippen molar-refractivity contribution >= 4 is 38.9 Å². The van der Waals surface area contributed by atoms with Gasteiger partial charge in [0.25, 0.3) is 5.91 Å². The summed E-state index contributed by atoms with van der Waals surface area (Å²) in [6.45, 7) is 1.81. The van der Waals surface area contributed by atoms with Gasteiger partial charge >= 0.3 is 0 Å². The van der Waals surface area contributed by atoms with Gasteiger partial charge in [0.15, 0.2) is 12.3 Å². The molecule has 9 nitrogen and oxygen atoms in total. The van der Waals surface area contributed by atoms with Crippen LogP contribution in [0.3, 0.4) is 0 Å². The molecule has 0 atom stereocenters. The average molecular weight is 458 g/mol. The molecule has 2 heterocycles. The number of aromatic nitrogens is 3. The number of nitrogens with one attached hydrogen (secondary N) is 1. The van der Waals surface area contributed by atoms with Crippen LogP contribution in [0.15, 0.2) is 69.7 Å². The monoisotopic (exact) mass is 457 g/mol. The van der Waals surface area contributed by atoms with E-state index in [1.54, 1.807) is 55.6 Å². The van der Waals surface area contributed by atoms with Crippen LogP contribution >= 0.6 is 22.1 Å². The fourth-order valence-corrected chi connectivity index (χ4v) is 4.54. The van der Waals surface area contributed by atoms with Crippen molar-refractivity contribution in [2.75, 3.05) is 5.32 Å². The van der Waals surface area contributed by atoms with E-state index in [2.05, 4.69) is 24.8 Å². The van der Waals surface area contributed by atoms with E-state index in [1.807, 2.05) is 6.07 Å². The Kier molecular flexibility index (Phi) is 6.09. The number of amides is 1. The molecule has 2 aromatic heterocycles. The van der Waals surface area contributed by atoms with E-state index in [1.165, 1.54) is 0 Å². The summed E-state index contributed by atoms with van der Waals surface area (Å²) in [5.74, 6) is 0.0237. The summed E-state index contributed by atoms with van der Waals surface area (Å²) in [7, 11) is -2.96. The molecule has 0 radical (unpaired) electrons. The van der Waals surface area contributed by atoms with Crippen LogP contribution in [0.2, 0.25) is 0 Å². The second-order valence-corrected chi connectivity index (χ2v) is 9.43. The number of carbonyl (C=O) groups is 1. The number of rotatable bonds is 8. The van der Waals surface area contributed by atoms with Gasteiger partial charge in [-0.3, -0.25) is 24.2 Å². The van der Waals surface area contributed by atoms with E-state index >= 15 is 0 Å². The predicted molar refractivity (Wildman–Crippen MR) is 119 cm³/mol. The molecule has 0 saturated heterocycles. The first-order chi connectivity index (χ1) is 14.9. The van der Waals surface area contributed by atoms with E-state index in [0.29, 0.717) is 38.4 Å². The summed E-state index contributed by atoms with van der Waals surface area (Å²) in [5, 5.41) is 7.02. The van der Waals surface area contributed by atoms with E-state index < -0.39 is 16.5 Å². The third-order valence-electron chi connectivity index (χ3n) is 4.25. The number of pyridine rings is 1. The van der Waals surface area contributed by atoms with Crippen LogP contribution in [0.5, 0.6) is 0 Å². The maximum atomic E-state index is 12.9. The number of aryl methyl sites for hydroxylation is 1. The number of nitrogens with zero attached hydrogens (tertiary/aromatic N) is 4. The van der Waals surface area contributed by atoms with E-state index in [9.17, 15) is 13.9 Å². The number of benzene rings is 1. The topological polar surface area (TPSA) is 130 Å². The Morgan fingerprint density at radius 1 is 1.26 bits per heavy atom. The standard InChI is InChI=1S/C20H19N5O4S2/c1-13-22-20(30-25-13)23-19(26)18(24-29-12-15-4-2-3-11-21-15)14-5-7-16(8-6-14)31(27,28)17-9-10-17/h2-9,11,27-28H,10,12H2,1H3,(H,22,23,25,26). The van der Waals surface area contributed by atoms with Crippen molar-refractivity contribution in [3.8, 4) is 0 Å². The molecule has 160 valence electrons. The Morgan fingerprint density at radius 3 is 2.65 bits per heavy atom. The second kappa shape index (κ2) is 8.94. The predicted octanol–water partition coefficient (Wildman–Crippen LogP) is 4.20. The highest BCUT2D eigenvalue weighted by molar-refractivity contribution is 8.27. The quantitative estimate of drug-likeness (QED) is 0.341. The van der Waals surface area contributed by atoms with Crippen molar-refractivity contribution in [3.05, 3.63) is 76.7 Å². The van der Waals surface area contributed by atoms with Crippen molar-refractivity contribution in [2.45, 2.75) is 24.8 Å². The lowest BCUT2D eigenvalue weighted by Gasteiger charge is -2.30. The van der Waals surface area contributed by atoms with Gasteiger partial charge in [0.05, 0.1) is 10.6 Å². The third kappa shape index (κ3) is 5.14. The highest BCUT2D eigenvalue weighted by atomic mass is 32.3. The first-order valence-electron chi connectivity index (χ1n) is 9.23. The highest BCUT2D eigenvalue weighted by Gasteiger charge is 2.27. The molecule has 0 unspecified atom stereocenters. The summed E-state index contributed by atoms with van der Waals surface area (Å²) in [6.07, 6.45) is 4.02. The summed E-state index contributed by atoms with van der Waals surface area (Å²) >= 11 is 1.06. The molecule has 31 heavy (non-hydrogen) atoms. The first-order valence-corrected chi connectivity index (χ1v) is 11.5. The number of carbonyl (C=O) groups excluding carboxylic acids is 1. The van der Waals surface area contributed by atoms with Crippen LogP contribution in [0, 0.1) is 6.92 Å². The first kappa shape index (κ1) is 21.1. The van der Waals surface area contributed by atoms with Crippen molar-refractivity contribution in [3.63, 3.8) is 0 Å². The molecule has 0 fully saturated rings. The van der Waals surface area contributed by atoms with Crippen LogP contribution in [-0.2, 0) is 16.2 Å². The molecule has 3 aromatic rings. The Balaban J connectivity index is 1.57. The van der Waals surface area contributed by atoms with Crippen LogP contribution < -0.4 is 5.32 Å². The van der Waals surface area contributed by atoms with Gasteiger partial charge in [-0.15, -0.1) is 10.6 Å². The molecule has 0 aliphatic heterocycles. The van der Waals surface area contributed by atoms with Gasteiger partial charge in [0.2, 0.25) is 5.13 Å². The molecule has 4 rings (SSSR count). The summed E-state index contributed by atoms with van der Waals surface area (Å²) < 4.78 is 24.7. The summed E-state index contributed by atoms with van der Waals surface area (Å²) in [6, 6.07) is 11.7. The molecule has 0 spiro atoms. The Morgan fingerprint density at radius 2 is 2.03 bits per heavy atom. The van der Waals surface area contributed by atoms with Crippen LogP contribution in [0.1, 0.15) is 23.5 Å². The largest absolute Gasteiger partial charge is 0.389 e. The number of allylic oxidation sites excluding steroid dienone is 2. The van der Waals surface area contributed by atoms with Gasteiger partial charge in [0.1, 0.15) is 5.82 Å². The van der Waals surface area contributed by atoms with E-state index in [0.717, 1.165) is 11.5 Å². The molecular weight excluding hydrogens is 438 g/mol. The van der Waals surface area contributed by atoms with E-state index in [4.69, 9.17) is 4.84 Å². The summed E-state index contributed by atoms with van der Waals surface area (Å²) in [4.78, 5) is 27.5. The number of hydrogen-bond acceptors (Lipinski definition) is 9. The molecule has 0 bridgehead atoms. The maximum absolute atomic E-state index is 12.9. The van der Waals surface area contributed by atoms with Gasteiger partial charge in [-0.1, -0.05) is 29.4 Å². The normalized spacial score (nSPS) is 14.0. The molecule has 1 aromatic carbocycles. The minimum atomic E-state index is -2.96. The highest BCUT2D eigenvalue weighted by Crippen LogP contribution is 2.61. The number of anilines is 1. The molecule has 11 heteroatoms. The van der Waals surface area contributed by atoms with Crippen LogP contribution in [0.4, 0.5) is 5.13 Å². The molecule has 1 amide bonds. The smallest absolute Gasteiger partial charge is 0.280 e. The third-order valence-corrected chi connectivity index (χ3v) is 6.97. The van der Waals surface area contributed by atoms with Crippen molar-refractivity contribution in [2.24, 2.45) is 5.16 Å². The van der Waals surface area contributed by atoms with Gasteiger partial charge in [-0.05, 0) is 31.2 Å². The lowest BCUT2D eigenvalue weighted by Crippen LogP contribution is -2.24. The zero-order chi connectivity index (χ0) is 21.8. The summed E-state index contributed by atoms with van der Waals surface area (Å²) in [5.41, 5.74) is 1.12. The fourth-order valence-electron chi connectivity index (χ4n) is 2.60. The Labute approximate surface area is 184 Å². The number of hydrogen-bond donors (Lipinski definition) is 3. The second-order valence-electron chi connectivity index (χ2n) is 6.58. The Hall–Kier alpha value is -3.12.